The van der Waals surface area contributed by atoms with Gasteiger partial charge in [-0.2, -0.15) is 0 Å². The van der Waals surface area contributed by atoms with Gasteiger partial charge in [0, 0.05) is 37.4 Å². The van der Waals surface area contributed by atoms with E-state index in [1.807, 2.05) is 25.1 Å². The van der Waals surface area contributed by atoms with Crippen molar-refractivity contribution in [3.63, 3.8) is 0 Å². The molecule has 2 rings (SSSR count). The third-order valence-electron chi connectivity index (χ3n) is 4.33. The van der Waals surface area contributed by atoms with Crippen LogP contribution in [0.25, 0.3) is 0 Å². The van der Waals surface area contributed by atoms with Gasteiger partial charge in [-0.1, -0.05) is 0 Å². The quantitative estimate of drug-likeness (QED) is 0.353. The molecule has 25 heavy (non-hydrogen) atoms. The molecule has 7 heteroatoms. The number of anilines is 1. The lowest BCUT2D eigenvalue weighted by Crippen LogP contribution is -2.43. The maximum Gasteiger partial charge on any atom is 0.195 e. The Morgan fingerprint density at radius 3 is 2.64 bits per heavy atom. The summed E-state index contributed by atoms with van der Waals surface area (Å²) in [5.41, 5.74) is 0.913. The zero-order valence-corrected chi connectivity index (χ0v) is 18.2. The summed E-state index contributed by atoms with van der Waals surface area (Å²) in [5.74, 6) is 2.20. The third kappa shape index (κ3) is 6.54. The third-order valence-corrected chi connectivity index (χ3v) is 4.33. The van der Waals surface area contributed by atoms with Gasteiger partial charge in [-0.3, -0.25) is 9.89 Å². The Hall–Kier alpha value is -1.22. The highest BCUT2D eigenvalue weighted by molar-refractivity contribution is 14.0. The summed E-state index contributed by atoms with van der Waals surface area (Å²) >= 11 is 0. The first-order chi connectivity index (χ1) is 11.6. The van der Waals surface area contributed by atoms with Gasteiger partial charge in [-0.25, -0.2) is 0 Å². The minimum atomic E-state index is 0. The number of aliphatic imine (C=N–C) groups is 1. The van der Waals surface area contributed by atoms with Crippen LogP contribution in [0.3, 0.4) is 0 Å². The van der Waals surface area contributed by atoms with Crippen LogP contribution in [-0.2, 0) is 0 Å². The Morgan fingerprint density at radius 2 is 2.08 bits per heavy atom. The van der Waals surface area contributed by atoms with E-state index in [1.54, 1.807) is 14.2 Å². The molecule has 2 N–H and O–H groups in total. The Balaban J connectivity index is 0.00000312. The topological polar surface area (TPSA) is 58.1 Å². The molecule has 1 saturated carbocycles. The molecule has 0 radical (unpaired) electrons. The van der Waals surface area contributed by atoms with E-state index in [0.717, 1.165) is 35.7 Å². The number of ether oxygens (including phenoxy) is 2. The van der Waals surface area contributed by atoms with Crippen molar-refractivity contribution in [2.45, 2.75) is 38.8 Å². The fourth-order valence-electron chi connectivity index (χ4n) is 2.57. The second-order valence-electron chi connectivity index (χ2n) is 6.12. The van der Waals surface area contributed by atoms with E-state index in [1.165, 1.54) is 12.8 Å². The average Bonchev–Trinajstić information content (AvgIpc) is 3.43. The Kier molecular flexibility index (Phi) is 9.34. The zero-order valence-electron chi connectivity index (χ0n) is 15.8. The summed E-state index contributed by atoms with van der Waals surface area (Å²) < 4.78 is 10.9. The van der Waals surface area contributed by atoms with Crippen molar-refractivity contribution in [1.82, 2.24) is 10.2 Å². The molecular weight excluding hydrogens is 431 g/mol. The molecule has 1 aromatic rings. The smallest absolute Gasteiger partial charge is 0.195 e. The summed E-state index contributed by atoms with van der Waals surface area (Å²) in [4.78, 5) is 6.73. The first-order valence-corrected chi connectivity index (χ1v) is 8.59. The second-order valence-corrected chi connectivity index (χ2v) is 6.12. The van der Waals surface area contributed by atoms with Gasteiger partial charge in [0.2, 0.25) is 0 Å². The average molecular weight is 462 g/mol. The van der Waals surface area contributed by atoms with Gasteiger partial charge in [-0.15, -0.1) is 24.0 Å². The molecule has 0 bridgehead atoms. The molecule has 1 aliphatic carbocycles. The van der Waals surface area contributed by atoms with Gasteiger partial charge < -0.3 is 20.1 Å². The molecule has 0 spiro atoms. The van der Waals surface area contributed by atoms with Crippen LogP contribution in [0.4, 0.5) is 5.69 Å². The largest absolute Gasteiger partial charge is 0.493 e. The van der Waals surface area contributed by atoms with Crippen LogP contribution in [0.15, 0.2) is 23.2 Å². The summed E-state index contributed by atoms with van der Waals surface area (Å²) in [7, 11) is 5.61. The number of halogens is 1. The fourth-order valence-corrected chi connectivity index (χ4v) is 2.57. The highest BCUT2D eigenvalue weighted by atomic mass is 127. The molecule has 0 aliphatic heterocycles. The van der Waals surface area contributed by atoms with Crippen LogP contribution in [0.5, 0.6) is 11.5 Å². The fraction of sp³-hybridized carbons (Fsp3) is 0.611. The van der Waals surface area contributed by atoms with Crippen LogP contribution in [0, 0.1) is 0 Å². The van der Waals surface area contributed by atoms with Gasteiger partial charge in [0.25, 0.3) is 0 Å². The summed E-state index contributed by atoms with van der Waals surface area (Å²) in [6.07, 6.45) is 2.64. The van der Waals surface area contributed by atoms with Gasteiger partial charge in [0.05, 0.1) is 13.7 Å². The molecule has 0 amide bonds. The molecule has 6 nitrogen and oxygen atoms in total. The predicted molar refractivity (Wildman–Crippen MR) is 115 cm³/mol. The van der Waals surface area contributed by atoms with Crippen molar-refractivity contribution in [3.05, 3.63) is 18.2 Å². The number of hydrogen-bond acceptors (Lipinski definition) is 4. The highest BCUT2D eigenvalue weighted by Crippen LogP contribution is 2.30. The second kappa shape index (κ2) is 10.7. The highest BCUT2D eigenvalue weighted by Gasteiger charge is 2.28. The van der Waals surface area contributed by atoms with Crippen molar-refractivity contribution in [1.29, 1.82) is 0 Å². The molecule has 0 aromatic heterocycles. The minimum absolute atomic E-state index is 0. The maximum absolute atomic E-state index is 5.61. The molecule has 1 unspecified atom stereocenters. The first kappa shape index (κ1) is 21.8. The Morgan fingerprint density at radius 1 is 1.36 bits per heavy atom. The van der Waals surface area contributed by atoms with Gasteiger partial charge in [-0.05, 0) is 45.9 Å². The molecular formula is C18H31IN4O2. The van der Waals surface area contributed by atoms with Crippen molar-refractivity contribution in [2.75, 3.05) is 39.7 Å². The number of rotatable bonds is 8. The summed E-state index contributed by atoms with van der Waals surface area (Å²) in [5, 5.41) is 6.69. The molecule has 1 aromatic carbocycles. The van der Waals surface area contributed by atoms with E-state index < -0.39 is 0 Å². The zero-order chi connectivity index (χ0) is 17.5. The van der Waals surface area contributed by atoms with Crippen molar-refractivity contribution >= 4 is 35.6 Å². The van der Waals surface area contributed by atoms with Gasteiger partial charge >= 0.3 is 0 Å². The van der Waals surface area contributed by atoms with Crippen LogP contribution in [0.1, 0.15) is 26.7 Å². The van der Waals surface area contributed by atoms with E-state index in [2.05, 4.69) is 34.5 Å². The lowest BCUT2D eigenvalue weighted by atomic mass is 10.2. The van der Waals surface area contributed by atoms with Gasteiger partial charge in [0.15, 0.2) is 17.5 Å². The number of methoxy groups -OCH3 is 1. The lowest BCUT2D eigenvalue weighted by Gasteiger charge is -2.25. The van der Waals surface area contributed by atoms with E-state index in [-0.39, 0.29) is 24.0 Å². The van der Waals surface area contributed by atoms with E-state index in [9.17, 15) is 0 Å². The number of nitrogens with one attached hydrogen (secondary N) is 2. The van der Waals surface area contributed by atoms with Crippen LogP contribution < -0.4 is 20.1 Å². The van der Waals surface area contributed by atoms with Crippen LogP contribution in [-0.4, -0.2) is 57.3 Å². The Labute approximate surface area is 168 Å². The standard InChI is InChI=1S/C18H30N4O2.HI/c1-6-24-17-11-14(7-10-16(17)23-5)21-18(19-3)20-12-13(2)22(4)15-8-9-15;/h7,10-11,13,15H,6,8-9,12H2,1-5H3,(H2,19,20,21);1H. The molecule has 1 fully saturated rings. The van der Waals surface area contributed by atoms with E-state index in [0.29, 0.717) is 12.6 Å². The van der Waals surface area contributed by atoms with Gasteiger partial charge in [0.1, 0.15) is 0 Å². The van der Waals surface area contributed by atoms with Crippen molar-refractivity contribution in [3.8, 4) is 11.5 Å². The van der Waals surface area contributed by atoms with E-state index >= 15 is 0 Å². The normalized spacial score (nSPS) is 15.4. The van der Waals surface area contributed by atoms with Crippen molar-refractivity contribution in [2.24, 2.45) is 4.99 Å². The molecule has 1 atom stereocenters. The number of guanidine groups is 1. The summed E-state index contributed by atoms with van der Waals surface area (Å²) in [6.45, 7) is 5.63. The Bertz CT molecular complexity index is 564. The SMILES string of the molecule is CCOc1cc(NC(=NC)NCC(C)N(C)C2CC2)ccc1OC.I. The van der Waals surface area contributed by atoms with Crippen molar-refractivity contribution < 1.29 is 9.47 Å². The number of benzene rings is 1. The number of hydrogen-bond donors (Lipinski definition) is 2. The first-order valence-electron chi connectivity index (χ1n) is 8.59. The molecule has 1 aliphatic rings. The number of likely N-dealkylation sites (N-methyl/N-ethyl adjacent to an activating group) is 1. The van der Waals surface area contributed by atoms with Crippen LogP contribution >= 0.6 is 24.0 Å². The molecule has 0 heterocycles. The van der Waals surface area contributed by atoms with E-state index in [4.69, 9.17) is 9.47 Å². The monoisotopic (exact) mass is 462 g/mol. The molecule has 0 saturated heterocycles. The van der Waals surface area contributed by atoms with Crippen LogP contribution in [0.2, 0.25) is 0 Å². The minimum Gasteiger partial charge on any atom is -0.493 e. The maximum atomic E-state index is 5.61. The molecule has 142 valence electrons. The summed E-state index contributed by atoms with van der Waals surface area (Å²) in [6, 6.07) is 6.99. The number of nitrogens with zero attached hydrogens (tertiary/aromatic N) is 2. The lowest BCUT2D eigenvalue weighted by molar-refractivity contribution is 0.248. The predicted octanol–water partition coefficient (Wildman–Crippen LogP) is 3.18.